The average molecular weight is 140 g/mol. The van der Waals surface area contributed by atoms with Gasteiger partial charge in [-0.3, -0.25) is 0 Å². The van der Waals surface area contributed by atoms with Crippen molar-refractivity contribution in [3.05, 3.63) is 0 Å². The number of ether oxygens (including phenoxy) is 1. The van der Waals surface area contributed by atoms with Gasteiger partial charge < -0.3 is 4.74 Å². The normalized spacial score (nSPS) is 9.80. The van der Waals surface area contributed by atoms with E-state index in [0.29, 0.717) is 18.6 Å². The minimum atomic E-state index is 0.293. The molecule has 0 aromatic carbocycles. The zero-order chi connectivity index (χ0) is 7.98. The van der Waals surface area contributed by atoms with E-state index in [2.05, 4.69) is 25.7 Å². The van der Waals surface area contributed by atoms with E-state index in [1.807, 2.05) is 13.8 Å². The molecule has 1 heteroatoms. The van der Waals surface area contributed by atoms with E-state index in [9.17, 15) is 0 Å². The summed E-state index contributed by atoms with van der Waals surface area (Å²) in [4.78, 5) is 0. The summed E-state index contributed by atoms with van der Waals surface area (Å²) < 4.78 is 5.22. The van der Waals surface area contributed by atoms with Crippen LogP contribution in [0.5, 0.6) is 0 Å². The smallest absolute Gasteiger partial charge is 0.108 e. The first-order valence-corrected chi connectivity index (χ1v) is 3.73. The first-order valence-electron chi connectivity index (χ1n) is 3.73. The van der Waals surface area contributed by atoms with Crippen LogP contribution in [0.4, 0.5) is 0 Å². The maximum Gasteiger partial charge on any atom is 0.108 e. The molecule has 10 heavy (non-hydrogen) atoms. The molecule has 0 aliphatic carbocycles. The summed E-state index contributed by atoms with van der Waals surface area (Å²) in [5, 5.41) is 0. The molecule has 0 aliphatic rings. The first-order chi connectivity index (χ1) is 4.63. The van der Waals surface area contributed by atoms with Crippen LogP contribution in [0.3, 0.4) is 0 Å². The molecule has 0 radical (unpaired) electrons. The Bertz CT molecular complexity index is 125. The van der Waals surface area contributed by atoms with Crippen molar-refractivity contribution in [2.75, 3.05) is 6.61 Å². The van der Waals surface area contributed by atoms with Gasteiger partial charge in [0.25, 0.3) is 0 Å². The van der Waals surface area contributed by atoms with Gasteiger partial charge in [0.2, 0.25) is 0 Å². The monoisotopic (exact) mass is 140 g/mol. The molecule has 0 saturated heterocycles. The van der Waals surface area contributed by atoms with Gasteiger partial charge in [0.1, 0.15) is 6.61 Å². The van der Waals surface area contributed by atoms with Gasteiger partial charge in [-0.15, -0.1) is 0 Å². The van der Waals surface area contributed by atoms with Crippen LogP contribution < -0.4 is 0 Å². The Kier molecular flexibility index (Phi) is 5.06. The zero-order valence-corrected chi connectivity index (χ0v) is 7.27. The Hall–Kier alpha value is -0.480. The average Bonchev–Trinajstić information content (AvgIpc) is 1.79. The molecule has 0 N–H and O–H groups in total. The summed E-state index contributed by atoms with van der Waals surface area (Å²) >= 11 is 0. The molecule has 58 valence electrons. The van der Waals surface area contributed by atoms with Gasteiger partial charge in [0.05, 0.1) is 6.10 Å². The number of hydrogen-bond donors (Lipinski definition) is 0. The minimum absolute atomic E-state index is 0.293. The molecule has 0 amide bonds. The Morgan fingerprint density at radius 2 is 1.80 bits per heavy atom. The maximum atomic E-state index is 5.22. The van der Waals surface area contributed by atoms with Gasteiger partial charge in [-0.05, 0) is 13.8 Å². The van der Waals surface area contributed by atoms with Crippen LogP contribution in [0.1, 0.15) is 27.7 Å². The highest BCUT2D eigenvalue weighted by Gasteiger charge is 1.87. The van der Waals surface area contributed by atoms with E-state index in [1.54, 1.807) is 0 Å². The van der Waals surface area contributed by atoms with E-state index < -0.39 is 0 Å². The molecule has 0 aromatic rings. The van der Waals surface area contributed by atoms with Gasteiger partial charge in [0, 0.05) is 5.92 Å². The van der Waals surface area contributed by atoms with Crippen LogP contribution in [-0.4, -0.2) is 12.7 Å². The summed E-state index contributed by atoms with van der Waals surface area (Å²) in [7, 11) is 0. The fourth-order valence-corrected chi connectivity index (χ4v) is 0.454. The zero-order valence-electron chi connectivity index (χ0n) is 7.27. The predicted molar refractivity (Wildman–Crippen MR) is 43.7 cm³/mol. The standard InChI is InChI=1S/C9H16O/c1-8(2)6-5-7-10-9(3)4/h8-9H,7H2,1-4H3. The van der Waals surface area contributed by atoms with Crippen molar-refractivity contribution < 1.29 is 4.74 Å². The van der Waals surface area contributed by atoms with Gasteiger partial charge in [0.15, 0.2) is 0 Å². The van der Waals surface area contributed by atoms with Crippen molar-refractivity contribution in [3.8, 4) is 11.8 Å². The lowest BCUT2D eigenvalue weighted by molar-refractivity contribution is 0.106. The molecule has 0 heterocycles. The molecule has 0 fully saturated rings. The molecule has 0 bridgehead atoms. The highest BCUT2D eigenvalue weighted by atomic mass is 16.5. The Morgan fingerprint density at radius 3 is 2.20 bits per heavy atom. The van der Waals surface area contributed by atoms with E-state index >= 15 is 0 Å². The molecule has 0 spiro atoms. The molecule has 0 unspecified atom stereocenters. The highest BCUT2D eigenvalue weighted by molar-refractivity contribution is 5.01. The van der Waals surface area contributed by atoms with Crippen molar-refractivity contribution in [1.29, 1.82) is 0 Å². The third-order valence-corrected chi connectivity index (χ3v) is 0.880. The van der Waals surface area contributed by atoms with Crippen LogP contribution in [0.2, 0.25) is 0 Å². The summed E-state index contributed by atoms with van der Waals surface area (Å²) in [6.45, 7) is 8.73. The predicted octanol–water partition coefficient (Wildman–Crippen LogP) is 2.07. The lowest BCUT2D eigenvalue weighted by Crippen LogP contribution is -2.01. The second-order valence-corrected chi connectivity index (χ2v) is 2.84. The Labute approximate surface area is 63.8 Å². The second-order valence-electron chi connectivity index (χ2n) is 2.84. The third kappa shape index (κ3) is 7.52. The SMILES string of the molecule is CC(C)C#CCOC(C)C. The molecule has 0 rings (SSSR count). The Balaban J connectivity index is 3.29. The maximum absolute atomic E-state index is 5.22. The van der Waals surface area contributed by atoms with Gasteiger partial charge in [-0.1, -0.05) is 25.7 Å². The highest BCUT2D eigenvalue weighted by Crippen LogP contribution is 1.87. The van der Waals surface area contributed by atoms with E-state index in [4.69, 9.17) is 4.74 Å². The quantitative estimate of drug-likeness (QED) is 0.533. The van der Waals surface area contributed by atoms with Gasteiger partial charge >= 0.3 is 0 Å². The fraction of sp³-hybridized carbons (Fsp3) is 0.778. The summed E-state index contributed by atoms with van der Waals surface area (Å²) in [5.74, 6) is 6.42. The van der Waals surface area contributed by atoms with Gasteiger partial charge in [-0.2, -0.15) is 0 Å². The topological polar surface area (TPSA) is 9.23 Å². The molecule has 1 nitrogen and oxygen atoms in total. The van der Waals surface area contributed by atoms with Crippen LogP contribution in [0.15, 0.2) is 0 Å². The molecule has 0 aromatic heterocycles. The van der Waals surface area contributed by atoms with Crippen molar-refractivity contribution in [2.45, 2.75) is 33.8 Å². The van der Waals surface area contributed by atoms with Crippen LogP contribution >= 0.6 is 0 Å². The van der Waals surface area contributed by atoms with E-state index in [1.165, 1.54) is 0 Å². The van der Waals surface area contributed by atoms with E-state index in [-0.39, 0.29) is 0 Å². The minimum Gasteiger partial charge on any atom is -0.366 e. The molecule has 0 aliphatic heterocycles. The second kappa shape index (κ2) is 5.32. The molecular weight excluding hydrogens is 124 g/mol. The molecule has 0 saturated carbocycles. The van der Waals surface area contributed by atoms with Crippen LogP contribution in [-0.2, 0) is 4.74 Å². The van der Waals surface area contributed by atoms with Crippen LogP contribution in [0, 0.1) is 17.8 Å². The number of rotatable bonds is 2. The summed E-state index contributed by atoms with van der Waals surface area (Å²) in [5.41, 5.74) is 0. The van der Waals surface area contributed by atoms with E-state index in [0.717, 1.165) is 0 Å². The lowest BCUT2D eigenvalue weighted by Gasteiger charge is -2.00. The van der Waals surface area contributed by atoms with Crippen molar-refractivity contribution in [2.24, 2.45) is 5.92 Å². The fourth-order valence-electron chi connectivity index (χ4n) is 0.454. The van der Waals surface area contributed by atoms with Crippen molar-refractivity contribution in [1.82, 2.24) is 0 Å². The van der Waals surface area contributed by atoms with Gasteiger partial charge in [-0.25, -0.2) is 0 Å². The molecule has 0 atom stereocenters. The molecular formula is C9H16O. The third-order valence-electron chi connectivity index (χ3n) is 0.880. The summed E-state index contributed by atoms with van der Waals surface area (Å²) in [6, 6.07) is 0. The van der Waals surface area contributed by atoms with Crippen molar-refractivity contribution >= 4 is 0 Å². The van der Waals surface area contributed by atoms with Crippen molar-refractivity contribution in [3.63, 3.8) is 0 Å². The largest absolute Gasteiger partial charge is 0.366 e. The Morgan fingerprint density at radius 1 is 1.20 bits per heavy atom. The lowest BCUT2D eigenvalue weighted by atomic mass is 10.2. The summed E-state index contributed by atoms with van der Waals surface area (Å²) in [6.07, 6.45) is 0.293. The first kappa shape index (κ1) is 9.52. The number of hydrogen-bond acceptors (Lipinski definition) is 1. The van der Waals surface area contributed by atoms with Crippen LogP contribution in [0.25, 0.3) is 0 Å².